The Morgan fingerprint density at radius 3 is 2.17 bits per heavy atom. The third-order valence-electron chi connectivity index (χ3n) is 15.2. The van der Waals surface area contributed by atoms with Crippen molar-refractivity contribution in [2.24, 2.45) is 5.92 Å². The first kappa shape index (κ1) is 54.6. The van der Waals surface area contributed by atoms with Gasteiger partial charge >= 0.3 is 11.7 Å². The molecule has 4 aromatic carbocycles. The number of hydrogen-bond acceptors (Lipinski definition) is 15. The molecule has 19 heteroatoms. The number of aromatic amines is 1. The number of rotatable bonds is 9. The first-order valence-electron chi connectivity index (χ1n) is 27.0. The van der Waals surface area contributed by atoms with Crippen LogP contribution in [0.5, 0.6) is 23.3 Å². The smallest absolute Gasteiger partial charge is 0.348 e. The number of carbonyl (C=O) groups is 1. The molecule has 0 aliphatic carbocycles. The molecule has 12 rings (SSSR count). The summed E-state index contributed by atoms with van der Waals surface area (Å²) in [5, 5.41) is 46.4. The highest BCUT2D eigenvalue weighted by Crippen LogP contribution is 2.39. The molecule has 2 unspecified atom stereocenters. The van der Waals surface area contributed by atoms with Gasteiger partial charge in [0.1, 0.15) is 34.3 Å². The van der Waals surface area contributed by atoms with E-state index in [9.17, 15) is 24.9 Å². The Labute approximate surface area is 448 Å². The van der Waals surface area contributed by atoms with Gasteiger partial charge in [-0.2, -0.15) is 15.1 Å². The van der Waals surface area contributed by atoms with Crippen LogP contribution < -0.4 is 26.0 Å². The maximum absolute atomic E-state index is 15.9. The molecule has 5 aliphatic rings. The lowest BCUT2D eigenvalue weighted by atomic mass is 9.98. The van der Waals surface area contributed by atoms with E-state index in [0.29, 0.717) is 51.5 Å². The molecule has 0 spiro atoms. The summed E-state index contributed by atoms with van der Waals surface area (Å²) in [6, 6.07) is 22.5. The highest BCUT2D eigenvalue weighted by Gasteiger charge is 2.34. The molecule has 3 aromatic heterocycles. The Bertz CT molecular complexity index is 3170. The van der Waals surface area contributed by atoms with Gasteiger partial charge in [0.25, 0.3) is 0 Å². The van der Waals surface area contributed by atoms with Crippen LogP contribution in [-0.4, -0.2) is 158 Å². The van der Waals surface area contributed by atoms with Crippen molar-refractivity contribution < 1.29 is 29.2 Å². The van der Waals surface area contributed by atoms with Gasteiger partial charge in [-0.1, -0.05) is 57.2 Å². The number of piperazine rings is 2. The van der Waals surface area contributed by atoms with E-state index in [0.717, 1.165) is 94.8 Å². The summed E-state index contributed by atoms with van der Waals surface area (Å²) in [6.45, 7) is 17.2. The van der Waals surface area contributed by atoms with Gasteiger partial charge in [-0.15, -0.1) is 0 Å². The lowest BCUT2D eigenvalue weighted by Crippen LogP contribution is -2.51. The summed E-state index contributed by atoms with van der Waals surface area (Å²) in [5.41, 5.74) is 3.37. The van der Waals surface area contributed by atoms with Crippen LogP contribution in [0.1, 0.15) is 76.3 Å². The average molecular weight is 1050 g/mol. The number of ether oxygens (including phenoxy) is 1. The monoisotopic (exact) mass is 1050 g/mol. The van der Waals surface area contributed by atoms with E-state index in [1.165, 1.54) is 68.1 Å². The van der Waals surface area contributed by atoms with E-state index in [4.69, 9.17) is 4.74 Å². The molecular formula is C58H73FN12O6. The number of nitrogens with zero attached hydrogens (tertiary/aromatic N) is 9. The maximum Gasteiger partial charge on any atom is 0.348 e. The number of phenolic OH excluding ortho intramolecular Hbond substituents is 3. The molecular weight excluding hydrogens is 980 g/mol. The predicted molar refractivity (Wildman–Crippen MR) is 299 cm³/mol. The van der Waals surface area contributed by atoms with Gasteiger partial charge in [0.15, 0.2) is 11.6 Å². The van der Waals surface area contributed by atoms with Gasteiger partial charge in [0.05, 0.1) is 23.7 Å². The van der Waals surface area contributed by atoms with E-state index in [1.807, 2.05) is 62.4 Å². The topological polar surface area (TPSA) is 213 Å². The normalized spacial score (nSPS) is 18.8. The molecule has 77 heavy (non-hydrogen) atoms. The summed E-state index contributed by atoms with van der Waals surface area (Å²) in [6.07, 6.45) is 10.1. The number of nitrogens with one attached hydrogen (secondary N) is 3. The van der Waals surface area contributed by atoms with Crippen molar-refractivity contribution in [3.8, 4) is 51.6 Å². The van der Waals surface area contributed by atoms with Gasteiger partial charge in [-0.25, -0.2) is 18.9 Å². The van der Waals surface area contributed by atoms with Gasteiger partial charge in [0.2, 0.25) is 6.41 Å². The van der Waals surface area contributed by atoms with Gasteiger partial charge in [-0.3, -0.25) is 14.7 Å². The SMILES string of the molecule is CC1CCN(Cc2ccc(-n3c(-c4cc(C(C)C)c(O)cc4O)n[nH]c3=O)cc2)CC1.CN1CCCC1.COc1nc(N2CC3CCC(C2)N3)c2cnc(-c3cc(O)cc4ccccc34)c(F)c2n1.O=CN1CCNCC1. The lowest BCUT2D eigenvalue weighted by molar-refractivity contribution is -0.118. The van der Waals surface area contributed by atoms with Crippen molar-refractivity contribution >= 4 is 33.9 Å². The molecule has 5 saturated heterocycles. The molecule has 18 nitrogen and oxygen atoms in total. The van der Waals surface area contributed by atoms with Crippen molar-refractivity contribution in [1.29, 1.82) is 0 Å². The Morgan fingerprint density at radius 1 is 0.831 bits per heavy atom. The summed E-state index contributed by atoms with van der Waals surface area (Å²) in [5.74, 6) is 1.20. The minimum atomic E-state index is -0.557. The summed E-state index contributed by atoms with van der Waals surface area (Å²) in [4.78, 5) is 44.8. The second-order valence-corrected chi connectivity index (χ2v) is 21.3. The number of pyridine rings is 1. The van der Waals surface area contributed by atoms with Crippen LogP contribution in [0.15, 0.2) is 83.8 Å². The fourth-order valence-corrected chi connectivity index (χ4v) is 10.8. The number of halogens is 1. The number of piperidine rings is 1. The molecule has 0 saturated carbocycles. The first-order chi connectivity index (χ1) is 37.3. The number of phenols is 3. The molecule has 0 radical (unpaired) electrons. The minimum Gasteiger partial charge on any atom is -0.508 e. The Balaban J connectivity index is 0.000000150. The number of methoxy groups -OCH3 is 1. The third kappa shape index (κ3) is 13.0. The van der Waals surface area contributed by atoms with Crippen LogP contribution in [0.2, 0.25) is 0 Å². The zero-order chi connectivity index (χ0) is 54.2. The number of H-pyrrole nitrogens is 1. The van der Waals surface area contributed by atoms with Gasteiger partial charge in [-0.05, 0) is 136 Å². The number of amides is 1. The fraction of sp³-hybridized carbons (Fsp3) is 0.448. The summed E-state index contributed by atoms with van der Waals surface area (Å²) >= 11 is 0. The largest absolute Gasteiger partial charge is 0.508 e. The standard InChI is InChI=1S/C24H22FN5O2.C24H30N4O3.C5H10N2O.C5H11N/c1-32-24-28-22-19(23(29-24)30-11-14-6-7-15(12-30)27-14)10-26-21(20(22)25)18-9-16(31)8-13-4-2-3-5-17(13)18;1-15(2)19-12-20(22(30)13-21(19)29)23-25-26-24(31)28(23)18-6-4-17(5-7-18)14-27-10-8-16(3)9-11-27;8-5-7-3-1-6-2-4-7;1-6-4-2-3-5-6/h2-5,8-10,14-15,27,31H,6-7,11-12H2,1H3;4-7,12-13,15-16,29-30H,8-11,14H2,1-3H3,(H,26,31);5-6H,1-4H2;2-5H2,1H3. The average Bonchev–Trinajstić information content (AvgIpc) is 4.22. The Kier molecular flexibility index (Phi) is 17.6. The van der Waals surface area contributed by atoms with E-state index < -0.39 is 5.82 Å². The molecule has 6 N–H and O–H groups in total. The van der Waals surface area contributed by atoms with Crippen LogP contribution >= 0.6 is 0 Å². The second-order valence-electron chi connectivity index (χ2n) is 21.3. The predicted octanol–water partition coefficient (Wildman–Crippen LogP) is 7.39. The van der Waals surface area contributed by atoms with E-state index in [1.54, 1.807) is 23.2 Å². The number of aromatic hydroxyl groups is 3. The van der Waals surface area contributed by atoms with Crippen LogP contribution in [0.3, 0.4) is 0 Å². The van der Waals surface area contributed by atoms with Crippen molar-refractivity contribution in [2.75, 3.05) is 84.5 Å². The molecule has 5 aliphatic heterocycles. The van der Waals surface area contributed by atoms with Gasteiger partial charge < -0.3 is 45.4 Å². The van der Waals surface area contributed by atoms with Gasteiger partial charge in [0, 0.05) is 75.7 Å². The molecule has 2 bridgehead atoms. The number of fused-ring (bicyclic) bond motifs is 4. The Hall–Kier alpha value is -7.19. The van der Waals surface area contributed by atoms with E-state index in [-0.39, 0.29) is 46.1 Å². The number of likely N-dealkylation sites (tertiary alicyclic amines) is 2. The van der Waals surface area contributed by atoms with Crippen molar-refractivity contribution in [1.82, 2.24) is 55.0 Å². The van der Waals surface area contributed by atoms with Crippen molar-refractivity contribution in [3.05, 3.63) is 106 Å². The zero-order valence-corrected chi connectivity index (χ0v) is 44.9. The molecule has 408 valence electrons. The first-order valence-corrected chi connectivity index (χ1v) is 27.0. The summed E-state index contributed by atoms with van der Waals surface area (Å²) < 4.78 is 22.7. The highest BCUT2D eigenvalue weighted by molar-refractivity contribution is 6.00. The number of anilines is 1. The highest BCUT2D eigenvalue weighted by atomic mass is 19.1. The van der Waals surface area contributed by atoms with Crippen LogP contribution in [0.4, 0.5) is 10.2 Å². The third-order valence-corrected chi connectivity index (χ3v) is 15.2. The molecule has 2 atom stereocenters. The Morgan fingerprint density at radius 2 is 1.53 bits per heavy atom. The summed E-state index contributed by atoms with van der Waals surface area (Å²) in [7, 11) is 3.65. The molecule has 1 amide bonds. The minimum absolute atomic E-state index is 0.0251. The quantitative estimate of drug-likeness (QED) is 0.0778. The number of hydrogen-bond donors (Lipinski definition) is 6. The van der Waals surface area contributed by atoms with Crippen LogP contribution in [0, 0.1) is 11.7 Å². The van der Waals surface area contributed by atoms with Crippen molar-refractivity contribution in [3.63, 3.8) is 0 Å². The fourth-order valence-electron chi connectivity index (χ4n) is 10.8. The van der Waals surface area contributed by atoms with Crippen molar-refractivity contribution in [2.45, 2.75) is 83.8 Å². The molecule has 7 aromatic rings. The zero-order valence-electron chi connectivity index (χ0n) is 44.9. The second kappa shape index (κ2) is 24.9. The van der Waals surface area contributed by atoms with E-state index in [2.05, 4.69) is 64.5 Å². The lowest BCUT2D eigenvalue weighted by Gasteiger charge is -2.34. The molecule has 8 heterocycles. The maximum atomic E-state index is 15.9. The molecule has 5 fully saturated rings. The number of carbonyl (C=O) groups excluding carboxylic acids is 1. The number of benzene rings is 4. The van der Waals surface area contributed by atoms with E-state index >= 15 is 4.39 Å². The van der Waals surface area contributed by atoms with Crippen LogP contribution in [-0.2, 0) is 11.3 Å². The van der Waals surface area contributed by atoms with Crippen LogP contribution in [0.25, 0.3) is 50.0 Å². The number of aromatic nitrogens is 6.